The van der Waals surface area contributed by atoms with Crippen molar-refractivity contribution in [2.45, 2.75) is 63.7 Å². The number of allylic oxidation sites excluding steroid dienone is 3. The molecule has 306 valence electrons. The van der Waals surface area contributed by atoms with E-state index in [-0.39, 0.29) is 11.8 Å². The van der Waals surface area contributed by atoms with E-state index in [0.717, 1.165) is 32.1 Å². The van der Waals surface area contributed by atoms with Crippen molar-refractivity contribution in [3.05, 3.63) is 219 Å². The van der Waals surface area contributed by atoms with E-state index in [1.807, 2.05) is 11.3 Å². The summed E-state index contributed by atoms with van der Waals surface area (Å²) in [4.78, 5) is 1.44. The van der Waals surface area contributed by atoms with Crippen molar-refractivity contribution in [1.82, 2.24) is 4.57 Å². The Morgan fingerprint density at radius 1 is 0.578 bits per heavy atom. The highest BCUT2D eigenvalue weighted by molar-refractivity contribution is 7.20. The summed E-state index contributed by atoms with van der Waals surface area (Å²) >= 11 is 2.02. The van der Waals surface area contributed by atoms with Crippen molar-refractivity contribution in [3.63, 3.8) is 0 Å². The Hall–Kier alpha value is -6.74. The van der Waals surface area contributed by atoms with Crippen molar-refractivity contribution in [2.75, 3.05) is 0 Å². The second kappa shape index (κ2) is 13.9. The fourth-order valence-corrected chi connectivity index (χ4v) is 14.4. The van der Waals surface area contributed by atoms with Gasteiger partial charge in [-0.05, 0) is 145 Å². The van der Waals surface area contributed by atoms with Crippen molar-refractivity contribution < 1.29 is 0 Å². The lowest BCUT2D eigenvalue weighted by Crippen LogP contribution is -2.15. The fraction of sp³-hybridized carbons (Fsp3) is 0.161. The molecule has 0 spiro atoms. The maximum atomic E-state index is 2.80. The molecule has 0 N–H and O–H groups in total. The van der Waals surface area contributed by atoms with E-state index in [9.17, 15) is 0 Å². The number of benzene rings is 8. The van der Waals surface area contributed by atoms with Gasteiger partial charge >= 0.3 is 0 Å². The number of para-hydroxylation sites is 1. The van der Waals surface area contributed by atoms with Crippen LogP contribution in [0.1, 0.15) is 89.1 Å². The lowest BCUT2D eigenvalue weighted by molar-refractivity contribution is 0.695. The van der Waals surface area contributed by atoms with Crippen LogP contribution in [0.15, 0.2) is 181 Å². The zero-order chi connectivity index (χ0) is 42.2. The average molecular weight is 838 g/mol. The number of aryl methyl sites for hydroxylation is 1. The summed E-state index contributed by atoms with van der Waals surface area (Å²) in [7, 11) is 0. The molecule has 2 heteroatoms. The van der Waals surface area contributed by atoms with Gasteiger partial charge in [-0.3, -0.25) is 0 Å². The van der Waals surface area contributed by atoms with Crippen LogP contribution in [0.2, 0.25) is 0 Å². The molecule has 0 fully saturated rings. The molecule has 8 aromatic carbocycles. The number of thiophene rings is 1. The molecule has 0 bridgehead atoms. The van der Waals surface area contributed by atoms with Crippen LogP contribution in [0.5, 0.6) is 0 Å². The fourth-order valence-electron chi connectivity index (χ4n) is 13.0. The minimum atomic E-state index is 0.264. The summed E-state index contributed by atoms with van der Waals surface area (Å²) in [6.45, 7) is 4.92. The lowest BCUT2D eigenvalue weighted by atomic mass is 9.76. The second-order valence-corrected chi connectivity index (χ2v) is 19.8. The first-order valence-electron chi connectivity index (χ1n) is 23.5. The van der Waals surface area contributed by atoms with Crippen LogP contribution in [-0.2, 0) is 12.8 Å². The molecular formula is C62H47NS. The monoisotopic (exact) mass is 837 g/mol. The van der Waals surface area contributed by atoms with Crippen molar-refractivity contribution >= 4 is 59.7 Å². The molecule has 0 amide bonds. The number of rotatable bonds is 3. The highest BCUT2D eigenvalue weighted by atomic mass is 32.1. The van der Waals surface area contributed by atoms with Crippen molar-refractivity contribution in [2.24, 2.45) is 0 Å². The first kappa shape index (κ1) is 36.7. The van der Waals surface area contributed by atoms with E-state index in [4.69, 9.17) is 0 Å². The highest BCUT2D eigenvalue weighted by Crippen LogP contribution is 2.60. The molecule has 3 atom stereocenters. The van der Waals surface area contributed by atoms with Gasteiger partial charge in [-0.1, -0.05) is 166 Å². The van der Waals surface area contributed by atoms with E-state index in [0.29, 0.717) is 5.92 Å². The van der Waals surface area contributed by atoms with Gasteiger partial charge in [-0.2, -0.15) is 0 Å². The third-order valence-electron chi connectivity index (χ3n) is 15.6. The van der Waals surface area contributed by atoms with Crippen LogP contribution in [0.25, 0.3) is 81.7 Å². The molecule has 0 aliphatic heterocycles. The SMILES string of the molecule is CCC1=C(\n2c3ccccc3c3cc4c5c(c32)-c2ccccc2CC5c2c-4ccc3ccccc23)c2sc3ccccc3c2C(C)C\C=C\1C1CCc2ccccc2-c2ccccc21. The zero-order valence-electron chi connectivity index (χ0n) is 36.3. The molecule has 4 aliphatic carbocycles. The summed E-state index contributed by atoms with van der Waals surface area (Å²) in [5, 5.41) is 6.81. The molecular weight excluding hydrogens is 791 g/mol. The Bertz CT molecular complexity index is 3700. The summed E-state index contributed by atoms with van der Waals surface area (Å²) in [5.41, 5.74) is 24.4. The van der Waals surface area contributed by atoms with E-state index >= 15 is 0 Å². The van der Waals surface area contributed by atoms with Crippen molar-refractivity contribution in [3.8, 4) is 33.4 Å². The Morgan fingerprint density at radius 3 is 2.17 bits per heavy atom. The van der Waals surface area contributed by atoms with Gasteiger partial charge in [0.2, 0.25) is 0 Å². The normalized spacial score (nSPS) is 20.4. The molecule has 2 aromatic heterocycles. The minimum Gasteiger partial charge on any atom is -0.307 e. The van der Waals surface area contributed by atoms with Gasteiger partial charge in [-0.25, -0.2) is 0 Å². The smallest absolute Gasteiger partial charge is 0.0672 e. The van der Waals surface area contributed by atoms with Gasteiger partial charge in [0.1, 0.15) is 0 Å². The van der Waals surface area contributed by atoms with Crippen molar-refractivity contribution in [1.29, 1.82) is 0 Å². The highest BCUT2D eigenvalue weighted by Gasteiger charge is 2.40. The number of fused-ring (bicyclic) bond motifs is 17. The van der Waals surface area contributed by atoms with E-state index in [1.165, 1.54) is 131 Å². The first-order valence-corrected chi connectivity index (χ1v) is 24.3. The summed E-state index contributed by atoms with van der Waals surface area (Å²) in [5.74, 6) is 0.893. The third kappa shape index (κ3) is 5.01. The Morgan fingerprint density at radius 2 is 1.30 bits per heavy atom. The molecule has 1 nitrogen and oxygen atoms in total. The maximum absolute atomic E-state index is 2.80. The van der Waals surface area contributed by atoms with Gasteiger partial charge in [0.15, 0.2) is 0 Å². The summed E-state index contributed by atoms with van der Waals surface area (Å²) < 4.78 is 4.18. The van der Waals surface area contributed by atoms with Crippen LogP contribution in [-0.4, -0.2) is 4.57 Å². The van der Waals surface area contributed by atoms with Crippen LogP contribution in [0.3, 0.4) is 0 Å². The Balaban J connectivity index is 1.14. The van der Waals surface area contributed by atoms with Gasteiger partial charge in [0.05, 0.1) is 21.6 Å². The quantitative estimate of drug-likeness (QED) is 0.167. The van der Waals surface area contributed by atoms with Gasteiger partial charge in [-0.15, -0.1) is 11.3 Å². The number of nitrogens with zero attached hydrogens (tertiary/aromatic N) is 1. The number of hydrogen-bond donors (Lipinski definition) is 0. The molecule has 10 aromatic rings. The summed E-state index contributed by atoms with van der Waals surface area (Å²) in [6.07, 6.45) is 7.79. The molecule has 4 aliphatic rings. The molecule has 0 saturated heterocycles. The molecule has 0 saturated carbocycles. The first-order chi connectivity index (χ1) is 31.7. The third-order valence-corrected chi connectivity index (χ3v) is 16.8. The molecule has 3 unspecified atom stereocenters. The maximum Gasteiger partial charge on any atom is 0.0672 e. The molecule has 0 radical (unpaired) electrons. The van der Waals surface area contributed by atoms with Gasteiger partial charge in [0, 0.05) is 32.9 Å². The topological polar surface area (TPSA) is 4.93 Å². The predicted molar refractivity (Wildman–Crippen MR) is 272 cm³/mol. The average Bonchev–Trinajstić information content (AvgIpc) is 3.95. The van der Waals surface area contributed by atoms with Crippen LogP contribution in [0.4, 0.5) is 0 Å². The van der Waals surface area contributed by atoms with E-state index in [1.54, 1.807) is 0 Å². The number of hydrogen-bond acceptors (Lipinski definition) is 1. The Kier molecular flexibility index (Phi) is 7.96. The largest absolute Gasteiger partial charge is 0.307 e. The predicted octanol–water partition coefficient (Wildman–Crippen LogP) is 17.0. The molecule has 64 heavy (non-hydrogen) atoms. The zero-order valence-corrected chi connectivity index (χ0v) is 37.1. The standard InChI is InChI=1S/C62H47NS/c1-3-40-46(47-32-29-37-16-4-7-19-41(37)44-22-10-11-23-45(44)47)31-28-36(2)56-50-25-13-15-27-55(50)64-62(56)61(40)63-54-26-14-12-24-48(54)52-35-51-49-33-30-38-17-5-8-20-42(38)57(49)53-34-39-18-6-9-21-43(39)59(58(51)53)60(52)63/h4-27,30-31,33,35-36,47,53H,3,28-29,32,34H2,1-2H3/b46-31-,61-40+. The van der Waals surface area contributed by atoms with Gasteiger partial charge < -0.3 is 4.57 Å². The van der Waals surface area contributed by atoms with Crippen LogP contribution >= 0.6 is 11.3 Å². The summed E-state index contributed by atoms with van der Waals surface area (Å²) in [6, 6.07) is 62.9. The van der Waals surface area contributed by atoms with Crippen LogP contribution in [0, 0.1) is 0 Å². The second-order valence-electron chi connectivity index (χ2n) is 18.8. The molecule has 2 heterocycles. The number of aromatic nitrogens is 1. The van der Waals surface area contributed by atoms with Gasteiger partial charge in [0.25, 0.3) is 0 Å². The van der Waals surface area contributed by atoms with Crippen LogP contribution < -0.4 is 0 Å². The molecule has 14 rings (SSSR count). The Labute approximate surface area is 378 Å². The van der Waals surface area contributed by atoms with E-state index in [2.05, 4.69) is 188 Å². The van der Waals surface area contributed by atoms with E-state index < -0.39 is 0 Å². The minimum absolute atomic E-state index is 0.264. The lowest BCUT2D eigenvalue weighted by Gasteiger charge is -2.31.